The molecule has 0 saturated heterocycles. The third-order valence-electron chi connectivity index (χ3n) is 3.64. The second-order valence-electron chi connectivity index (χ2n) is 5.78. The third kappa shape index (κ3) is 8.33. The molecule has 0 radical (unpaired) electrons. The minimum atomic E-state index is 0.614. The second kappa shape index (κ2) is 10.2. The van der Waals surface area contributed by atoms with E-state index < -0.39 is 0 Å². The number of rotatable bonds is 10. The Kier molecular flexibility index (Phi) is 9.73. The van der Waals surface area contributed by atoms with Crippen molar-refractivity contribution in [2.45, 2.75) is 66.2 Å². The summed E-state index contributed by atoms with van der Waals surface area (Å²) in [7, 11) is 0. The van der Waals surface area contributed by atoms with E-state index in [-0.39, 0.29) is 0 Å². The quantitative estimate of drug-likeness (QED) is 0.397. The van der Waals surface area contributed by atoms with Crippen LogP contribution in [-0.2, 0) is 0 Å². The Balaban J connectivity index is 4.40. The van der Waals surface area contributed by atoms with Gasteiger partial charge in [-0.1, -0.05) is 57.1 Å². The van der Waals surface area contributed by atoms with Crippen molar-refractivity contribution in [3.05, 3.63) is 36.5 Å². The largest absolute Gasteiger partial charge is 0.103 e. The average molecular weight is 248 g/mol. The zero-order valence-electron chi connectivity index (χ0n) is 13.0. The Morgan fingerprint density at radius 3 is 2.39 bits per heavy atom. The van der Waals surface area contributed by atoms with Crippen LogP contribution in [0.4, 0.5) is 0 Å². The molecule has 0 fully saturated rings. The van der Waals surface area contributed by atoms with Gasteiger partial charge >= 0.3 is 0 Å². The van der Waals surface area contributed by atoms with Crippen molar-refractivity contribution in [2.75, 3.05) is 0 Å². The molecule has 0 aliphatic carbocycles. The van der Waals surface area contributed by atoms with Gasteiger partial charge in [0.1, 0.15) is 0 Å². The first-order valence-corrected chi connectivity index (χ1v) is 7.45. The van der Waals surface area contributed by atoms with E-state index in [0.29, 0.717) is 5.92 Å². The maximum Gasteiger partial charge on any atom is -0.0200 e. The van der Waals surface area contributed by atoms with Crippen molar-refractivity contribution in [1.82, 2.24) is 0 Å². The first-order chi connectivity index (χ1) is 8.51. The van der Waals surface area contributed by atoms with Gasteiger partial charge in [-0.05, 0) is 50.9 Å². The molecule has 0 bridgehead atoms. The molecule has 0 N–H and O–H groups in total. The van der Waals surface area contributed by atoms with E-state index in [9.17, 15) is 0 Å². The SMILES string of the molecule is C=CCC(C)C/C=C(/CCCC)CC(C)C(=C)C. The van der Waals surface area contributed by atoms with Crippen LogP contribution in [0.2, 0.25) is 0 Å². The van der Waals surface area contributed by atoms with E-state index in [1.54, 1.807) is 5.57 Å². The number of hydrogen-bond donors (Lipinski definition) is 0. The van der Waals surface area contributed by atoms with E-state index in [2.05, 4.69) is 46.9 Å². The number of allylic oxidation sites excluding steroid dienone is 4. The molecule has 104 valence electrons. The van der Waals surface area contributed by atoms with Crippen LogP contribution in [0.5, 0.6) is 0 Å². The maximum atomic E-state index is 4.07. The Labute approximate surface area is 115 Å². The first-order valence-electron chi connectivity index (χ1n) is 7.45. The second-order valence-corrected chi connectivity index (χ2v) is 5.78. The van der Waals surface area contributed by atoms with Crippen LogP contribution < -0.4 is 0 Å². The van der Waals surface area contributed by atoms with Gasteiger partial charge in [-0.15, -0.1) is 6.58 Å². The predicted molar refractivity (Wildman–Crippen MR) is 84.8 cm³/mol. The summed E-state index contributed by atoms with van der Waals surface area (Å²) in [5, 5.41) is 0. The molecular formula is C18H32. The molecule has 2 atom stereocenters. The summed E-state index contributed by atoms with van der Waals surface area (Å²) < 4.78 is 0. The first kappa shape index (κ1) is 17.2. The molecule has 0 saturated carbocycles. The fourth-order valence-electron chi connectivity index (χ4n) is 2.01. The molecule has 0 aliphatic heterocycles. The van der Waals surface area contributed by atoms with Gasteiger partial charge < -0.3 is 0 Å². The fourth-order valence-corrected chi connectivity index (χ4v) is 2.01. The van der Waals surface area contributed by atoms with Gasteiger partial charge in [0, 0.05) is 0 Å². The molecule has 0 rings (SSSR count). The van der Waals surface area contributed by atoms with Gasteiger partial charge in [-0.2, -0.15) is 0 Å². The van der Waals surface area contributed by atoms with Crippen LogP contribution in [0.25, 0.3) is 0 Å². The lowest BCUT2D eigenvalue weighted by atomic mass is 9.91. The molecule has 0 aliphatic rings. The summed E-state index contributed by atoms with van der Waals surface area (Å²) in [6, 6.07) is 0. The highest BCUT2D eigenvalue weighted by Crippen LogP contribution is 2.23. The molecule has 0 aromatic heterocycles. The van der Waals surface area contributed by atoms with Crippen LogP contribution in [0.15, 0.2) is 36.5 Å². The molecule has 0 amide bonds. The lowest BCUT2D eigenvalue weighted by molar-refractivity contribution is 0.587. The molecule has 0 nitrogen and oxygen atoms in total. The topological polar surface area (TPSA) is 0 Å². The molecule has 0 aromatic carbocycles. The van der Waals surface area contributed by atoms with Gasteiger partial charge in [0.05, 0.1) is 0 Å². The normalized spacial score (nSPS) is 15.2. The van der Waals surface area contributed by atoms with Gasteiger partial charge in [0.25, 0.3) is 0 Å². The molecule has 18 heavy (non-hydrogen) atoms. The number of hydrogen-bond acceptors (Lipinski definition) is 0. The highest BCUT2D eigenvalue weighted by molar-refractivity contribution is 5.08. The molecule has 0 spiro atoms. The zero-order chi connectivity index (χ0) is 14.0. The van der Waals surface area contributed by atoms with E-state index in [4.69, 9.17) is 0 Å². The van der Waals surface area contributed by atoms with Gasteiger partial charge in [0.15, 0.2) is 0 Å². The Morgan fingerprint density at radius 2 is 1.89 bits per heavy atom. The standard InChI is InChI=1S/C18H32/c1-7-9-11-18(14-17(6)15(3)4)13-12-16(5)10-8-2/h8,13,16-17H,2-3,7,9-12,14H2,1,4-6H3/b18-13-. The molecule has 0 heteroatoms. The monoisotopic (exact) mass is 248 g/mol. The van der Waals surface area contributed by atoms with Crippen molar-refractivity contribution in [1.29, 1.82) is 0 Å². The van der Waals surface area contributed by atoms with Gasteiger partial charge in [-0.25, -0.2) is 0 Å². The highest BCUT2D eigenvalue weighted by Gasteiger charge is 2.07. The van der Waals surface area contributed by atoms with Crippen LogP contribution in [0.1, 0.15) is 66.2 Å². The average Bonchev–Trinajstić information content (AvgIpc) is 2.32. The summed E-state index contributed by atoms with van der Waals surface area (Å²) in [4.78, 5) is 0. The predicted octanol–water partition coefficient (Wildman–Crippen LogP) is 6.31. The lowest BCUT2D eigenvalue weighted by Gasteiger charge is -2.15. The van der Waals surface area contributed by atoms with E-state index in [1.165, 1.54) is 37.7 Å². The van der Waals surface area contributed by atoms with E-state index >= 15 is 0 Å². The summed E-state index contributed by atoms with van der Waals surface area (Å²) >= 11 is 0. The van der Waals surface area contributed by atoms with Gasteiger partial charge in [0.2, 0.25) is 0 Å². The van der Waals surface area contributed by atoms with Gasteiger partial charge in [-0.3, -0.25) is 0 Å². The van der Waals surface area contributed by atoms with Crippen LogP contribution >= 0.6 is 0 Å². The summed E-state index contributed by atoms with van der Waals surface area (Å²) in [6.45, 7) is 16.9. The molecule has 0 aromatic rings. The molecule has 0 heterocycles. The third-order valence-corrected chi connectivity index (χ3v) is 3.64. The smallest absolute Gasteiger partial charge is 0.0200 e. The van der Waals surface area contributed by atoms with E-state index in [0.717, 1.165) is 12.3 Å². The number of unbranched alkanes of at least 4 members (excludes halogenated alkanes) is 1. The van der Waals surface area contributed by atoms with Crippen LogP contribution in [-0.4, -0.2) is 0 Å². The zero-order valence-corrected chi connectivity index (χ0v) is 13.0. The fraction of sp³-hybridized carbons (Fsp3) is 0.667. The highest BCUT2D eigenvalue weighted by atomic mass is 14.1. The minimum Gasteiger partial charge on any atom is -0.103 e. The molecular weight excluding hydrogens is 216 g/mol. The van der Waals surface area contributed by atoms with E-state index in [1.807, 2.05) is 6.08 Å². The Hall–Kier alpha value is -0.780. The van der Waals surface area contributed by atoms with Crippen molar-refractivity contribution < 1.29 is 0 Å². The van der Waals surface area contributed by atoms with Crippen LogP contribution in [0.3, 0.4) is 0 Å². The maximum absolute atomic E-state index is 4.07. The van der Waals surface area contributed by atoms with Crippen molar-refractivity contribution in [2.24, 2.45) is 11.8 Å². The minimum absolute atomic E-state index is 0.614. The van der Waals surface area contributed by atoms with Crippen molar-refractivity contribution in [3.63, 3.8) is 0 Å². The van der Waals surface area contributed by atoms with Crippen molar-refractivity contribution in [3.8, 4) is 0 Å². The lowest BCUT2D eigenvalue weighted by Crippen LogP contribution is -1.99. The van der Waals surface area contributed by atoms with Crippen LogP contribution in [0, 0.1) is 11.8 Å². The summed E-state index contributed by atoms with van der Waals surface area (Å²) in [5.41, 5.74) is 2.93. The summed E-state index contributed by atoms with van der Waals surface area (Å²) in [6.07, 6.45) is 11.8. The Morgan fingerprint density at radius 1 is 1.22 bits per heavy atom. The summed E-state index contributed by atoms with van der Waals surface area (Å²) in [5.74, 6) is 1.34. The Bertz CT molecular complexity index is 270. The van der Waals surface area contributed by atoms with Crippen molar-refractivity contribution >= 4 is 0 Å². The molecule has 2 unspecified atom stereocenters.